The first kappa shape index (κ1) is 12.8. The van der Waals surface area contributed by atoms with Crippen molar-refractivity contribution in [1.29, 1.82) is 0 Å². The van der Waals surface area contributed by atoms with Crippen molar-refractivity contribution >= 4 is 5.91 Å². The highest BCUT2D eigenvalue weighted by molar-refractivity contribution is 5.91. The second-order valence-corrected chi connectivity index (χ2v) is 3.72. The third-order valence-electron chi connectivity index (χ3n) is 2.59. The monoisotopic (exact) mass is 225 g/mol. The standard InChI is InChI=1S/C12H19NO3/c1-4-9-8-11(16-10(9)5-2)12(15)13(3)6-7-14/h8,14H,4-7H2,1-3H3. The van der Waals surface area contributed by atoms with Crippen molar-refractivity contribution in [3.8, 4) is 0 Å². The molecule has 0 atom stereocenters. The highest BCUT2D eigenvalue weighted by Gasteiger charge is 2.17. The molecule has 1 aromatic rings. The van der Waals surface area contributed by atoms with Gasteiger partial charge in [0, 0.05) is 20.0 Å². The molecule has 4 nitrogen and oxygen atoms in total. The van der Waals surface area contributed by atoms with Crippen molar-refractivity contribution in [2.75, 3.05) is 20.2 Å². The smallest absolute Gasteiger partial charge is 0.289 e. The Morgan fingerprint density at radius 2 is 2.12 bits per heavy atom. The van der Waals surface area contributed by atoms with Gasteiger partial charge in [-0.05, 0) is 18.1 Å². The molecule has 0 saturated heterocycles. The van der Waals surface area contributed by atoms with Crippen LogP contribution in [0.5, 0.6) is 0 Å². The lowest BCUT2D eigenvalue weighted by Gasteiger charge is -2.13. The Kier molecular flexibility index (Phi) is 4.55. The number of aliphatic hydroxyl groups excluding tert-OH is 1. The molecule has 16 heavy (non-hydrogen) atoms. The van der Waals surface area contributed by atoms with Crippen LogP contribution in [-0.4, -0.2) is 36.1 Å². The van der Waals surface area contributed by atoms with Crippen molar-refractivity contribution in [1.82, 2.24) is 4.90 Å². The molecule has 0 aromatic carbocycles. The van der Waals surface area contributed by atoms with Gasteiger partial charge in [-0.2, -0.15) is 0 Å². The summed E-state index contributed by atoms with van der Waals surface area (Å²) in [7, 11) is 1.65. The van der Waals surface area contributed by atoms with E-state index in [0.717, 1.165) is 24.2 Å². The van der Waals surface area contributed by atoms with Crippen LogP contribution in [0.1, 0.15) is 35.7 Å². The van der Waals surface area contributed by atoms with Gasteiger partial charge in [0.25, 0.3) is 5.91 Å². The van der Waals surface area contributed by atoms with Crippen molar-refractivity contribution < 1.29 is 14.3 Å². The lowest BCUT2D eigenvalue weighted by atomic mass is 10.1. The van der Waals surface area contributed by atoms with Crippen LogP contribution in [0.15, 0.2) is 10.5 Å². The fourth-order valence-corrected chi connectivity index (χ4v) is 1.61. The average molecular weight is 225 g/mol. The average Bonchev–Trinajstić information content (AvgIpc) is 2.71. The van der Waals surface area contributed by atoms with E-state index >= 15 is 0 Å². The second-order valence-electron chi connectivity index (χ2n) is 3.72. The number of likely N-dealkylation sites (N-methyl/N-ethyl adjacent to an activating group) is 1. The Morgan fingerprint density at radius 3 is 2.56 bits per heavy atom. The lowest BCUT2D eigenvalue weighted by molar-refractivity contribution is 0.0734. The van der Waals surface area contributed by atoms with Gasteiger partial charge in [0.1, 0.15) is 5.76 Å². The summed E-state index contributed by atoms with van der Waals surface area (Å²) >= 11 is 0. The van der Waals surface area contributed by atoms with Crippen molar-refractivity contribution in [3.63, 3.8) is 0 Å². The van der Waals surface area contributed by atoms with Gasteiger partial charge in [0.05, 0.1) is 6.61 Å². The van der Waals surface area contributed by atoms with E-state index in [1.807, 2.05) is 13.8 Å². The molecule has 1 N–H and O–H groups in total. The summed E-state index contributed by atoms with van der Waals surface area (Å²) in [5.41, 5.74) is 1.09. The van der Waals surface area contributed by atoms with E-state index in [1.54, 1.807) is 13.1 Å². The summed E-state index contributed by atoms with van der Waals surface area (Å²) in [6.07, 6.45) is 1.66. The zero-order valence-electron chi connectivity index (χ0n) is 10.1. The number of rotatable bonds is 5. The molecular formula is C12H19NO3. The number of aliphatic hydroxyl groups is 1. The molecule has 0 fully saturated rings. The summed E-state index contributed by atoms with van der Waals surface area (Å²) in [5, 5.41) is 8.76. The number of amides is 1. The number of hydrogen-bond donors (Lipinski definition) is 1. The van der Waals surface area contributed by atoms with E-state index in [-0.39, 0.29) is 12.5 Å². The van der Waals surface area contributed by atoms with E-state index in [0.29, 0.717) is 12.3 Å². The molecule has 1 heterocycles. The summed E-state index contributed by atoms with van der Waals surface area (Å²) in [4.78, 5) is 13.3. The maximum Gasteiger partial charge on any atom is 0.289 e. The zero-order chi connectivity index (χ0) is 12.1. The van der Waals surface area contributed by atoms with Gasteiger partial charge in [0.2, 0.25) is 0 Å². The third-order valence-corrected chi connectivity index (χ3v) is 2.59. The number of hydrogen-bond acceptors (Lipinski definition) is 3. The van der Waals surface area contributed by atoms with Crippen LogP contribution in [0.4, 0.5) is 0 Å². The third kappa shape index (κ3) is 2.64. The van der Waals surface area contributed by atoms with E-state index < -0.39 is 0 Å². The van der Waals surface area contributed by atoms with E-state index in [4.69, 9.17) is 9.52 Å². The normalized spacial score (nSPS) is 10.5. The molecule has 1 aromatic heterocycles. The predicted molar refractivity (Wildman–Crippen MR) is 61.5 cm³/mol. The molecule has 0 spiro atoms. The van der Waals surface area contributed by atoms with Gasteiger partial charge in [-0.3, -0.25) is 4.79 Å². The van der Waals surface area contributed by atoms with Crippen LogP contribution in [0.3, 0.4) is 0 Å². The minimum absolute atomic E-state index is 0.0375. The summed E-state index contributed by atoms with van der Waals surface area (Å²) in [6.45, 7) is 4.33. The van der Waals surface area contributed by atoms with Crippen molar-refractivity contribution in [3.05, 3.63) is 23.2 Å². The molecule has 0 aliphatic rings. The molecule has 0 radical (unpaired) electrons. The fourth-order valence-electron chi connectivity index (χ4n) is 1.61. The SMILES string of the molecule is CCc1cc(C(=O)N(C)CCO)oc1CC. The molecule has 90 valence electrons. The number of carbonyl (C=O) groups excluding carboxylic acids is 1. The zero-order valence-corrected chi connectivity index (χ0v) is 10.1. The van der Waals surface area contributed by atoms with E-state index in [1.165, 1.54) is 4.90 Å². The van der Waals surface area contributed by atoms with Gasteiger partial charge in [-0.25, -0.2) is 0 Å². The Morgan fingerprint density at radius 1 is 1.44 bits per heavy atom. The Hall–Kier alpha value is -1.29. The van der Waals surface area contributed by atoms with Crippen LogP contribution in [-0.2, 0) is 12.8 Å². The molecule has 1 amide bonds. The molecule has 0 unspecified atom stereocenters. The Bertz CT molecular complexity index is 336. The first-order valence-corrected chi connectivity index (χ1v) is 5.61. The van der Waals surface area contributed by atoms with E-state index in [2.05, 4.69) is 0 Å². The van der Waals surface area contributed by atoms with Gasteiger partial charge in [-0.15, -0.1) is 0 Å². The molecule has 0 saturated carbocycles. The van der Waals surface area contributed by atoms with Crippen LogP contribution in [0, 0.1) is 0 Å². The fraction of sp³-hybridized carbons (Fsp3) is 0.583. The van der Waals surface area contributed by atoms with Crippen molar-refractivity contribution in [2.45, 2.75) is 26.7 Å². The summed E-state index contributed by atoms with van der Waals surface area (Å²) in [5.74, 6) is 1.07. The van der Waals surface area contributed by atoms with Crippen LogP contribution in [0.25, 0.3) is 0 Å². The summed E-state index contributed by atoms with van der Waals surface area (Å²) < 4.78 is 5.51. The molecule has 0 bridgehead atoms. The van der Waals surface area contributed by atoms with Gasteiger partial charge in [0.15, 0.2) is 5.76 Å². The second kappa shape index (κ2) is 5.70. The minimum Gasteiger partial charge on any atom is -0.456 e. The van der Waals surface area contributed by atoms with Gasteiger partial charge < -0.3 is 14.4 Å². The van der Waals surface area contributed by atoms with E-state index in [9.17, 15) is 4.79 Å². The Labute approximate surface area is 95.9 Å². The largest absolute Gasteiger partial charge is 0.456 e. The highest BCUT2D eigenvalue weighted by atomic mass is 16.4. The van der Waals surface area contributed by atoms with Crippen LogP contribution >= 0.6 is 0 Å². The summed E-state index contributed by atoms with van der Waals surface area (Å²) in [6, 6.07) is 1.80. The minimum atomic E-state index is -0.177. The highest BCUT2D eigenvalue weighted by Crippen LogP contribution is 2.18. The van der Waals surface area contributed by atoms with Crippen LogP contribution < -0.4 is 0 Å². The first-order valence-electron chi connectivity index (χ1n) is 5.61. The van der Waals surface area contributed by atoms with Gasteiger partial charge in [-0.1, -0.05) is 13.8 Å². The number of nitrogens with zero attached hydrogens (tertiary/aromatic N) is 1. The number of aryl methyl sites for hydroxylation is 2. The van der Waals surface area contributed by atoms with Crippen molar-refractivity contribution in [2.24, 2.45) is 0 Å². The topological polar surface area (TPSA) is 53.7 Å². The molecule has 4 heteroatoms. The predicted octanol–water partition coefficient (Wildman–Crippen LogP) is 1.47. The lowest BCUT2D eigenvalue weighted by Crippen LogP contribution is -2.29. The maximum absolute atomic E-state index is 11.9. The molecular weight excluding hydrogens is 206 g/mol. The molecule has 0 aliphatic heterocycles. The molecule has 0 aliphatic carbocycles. The number of furan rings is 1. The number of carbonyl (C=O) groups is 1. The van der Waals surface area contributed by atoms with Gasteiger partial charge >= 0.3 is 0 Å². The quantitative estimate of drug-likeness (QED) is 0.825. The molecule has 1 rings (SSSR count). The first-order chi connectivity index (χ1) is 7.63. The van der Waals surface area contributed by atoms with Crippen LogP contribution in [0.2, 0.25) is 0 Å². The Balaban J connectivity index is 2.87. The maximum atomic E-state index is 11.9.